The van der Waals surface area contributed by atoms with Crippen LogP contribution in [0.4, 0.5) is 4.39 Å². The van der Waals surface area contributed by atoms with E-state index in [1.807, 2.05) is 0 Å². The molecule has 7 heteroatoms. The summed E-state index contributed by atoms with van der Waals surface area (Å²) in [5, 5.41) is 11.7. The number of amides is 1. The summed E-state index contributed by atoms with van der Waals surface area (Å²) in [4.78, 5) is 24.5. The summed E-state index contributed by atoms with van der Waals surface area (Å²) < 4.78 is 12.7. The topological polar surface area (TPSA) is 69.6 Å². The summed E-state index contributed by atoms with van der Waals surface area (Å²) in [5.74, 6) is -1.42. The Morgan fingerprint density at radius 3 is 2.62 bits per heavy atom. The SMILES string of the molecule is Cl.O=C(CN1CCCC1C(=O)O)NCc1ccc(F)cc1. The highest BCUT2D eigenvalue weighted by molar-refractivity contribution is 5.85. The zero-order valence-electron chi connectivity index (χ0n) is 11.4. The fraction of sp³-hybridized carbons (Fsp3) is 0.429. The third kappa shape index (κ3) is 4.99. The van der Waals surface area contributed by atoms with E-state index in [4.69, 9.17) is 5.11 Å². The van der Waals surface area contributed by atoms with Crippen molar-refractivity contribution in [1.29, 1.82) is 0 Å². The zero-order valence-corrected chi connectivity index (χ0v) is 12.2. The van der Waals surface area contributed by atoms with Gasteiger partial charge in [0, 0.05) is 6.54 Å². The average molecular weight is 317 g/mol. The molecule has 1 amide bonds. The Labute approximate surface area is 128 Å². The number of carbonyl (C=O) groups is 2. The van der Waals surface area contributed by atoms with Crippen molar-refractivity contribution in [2.75, 3.05) is 13.1 Å². The third-order valence-corrected chi connectivity index (χ3v) is 3.40. The minimum absolute atomic E-state index is 0. The summed E-state index contributed by atoms with van der Waals surface area (Å²) in [5.41, 5.74) is 0.802. The zero-order chi connectivity index (χ0) is 14.5. The van der Waals surface area contributed by atoms with Gasteiger partial charge in [0.15, 0.2) is 0 Å². The quantitative estimate of drug-likeness (QED) is 0.862. The lowest BCUT2D eigenvalue weighted by atomic mass is 10.2. The van der Waals surface area contributed by atoms with Crippen LogP contribution in [0.15, 0.2) is 24.3 Å². The lowest BCUT2D eigenvalue weighted by molar-refractivity contribution is -0.142. The molecular formula is C14H18ClFN2O3. The van der Waals surface area contributed by atoms with Crippen molar-refractivity contribution in [3.63, 3.8) is 0 Å². The van der Waals surface area contributed by atoms with Crippen molar-refractivity contribution in [3.8, 4) is 0 Å². The van der Waals surface area contributed by atoms with Crippen molar-refractivity contribution in [3.05, 3.63) is 35.6 Å². The first-order valence-corrected chi connectivity index (χ1v) is 6.54. The van der Waals surface area contributed by atoms with E-state index in [9.17, 15) is 14.0 Å². The molecule has 0 saturated carbocycles. The van der Waals surface area contributed by atoms with Gasteiger partial charge in [0.25, 0.3) is 0 Å². The predicted molar refractivity (Wildman–Crippen MR) is 77.7 cm³/mol. The Bertz CT molecular complexity index is 495. The monoisotopic (exact) mass is 316 g/mol. The van der Waals surface area contributed by atoms with Gasteiger partial charge in [0.05, 0.1) is 6.54 Å². The fourth-order valence-corrected chi connectivity index (χ4v) is 2.34. The number of hydrogen-bond donors (Lipinski definition) is 2. The molecule has 1 fully saturated rings. The predicted octanol–water partition coefficient (Wildman–Crippen LogP) is 1.41. The lowest BCUT2D eigenvalue weighted by Crippen LogP contribution is -2.42. The van der Waals surface area contributed by atoms with Crippen LogP contribution in [0.2, 0.25) is 0 Å². The molecule has 0 radical (unpaired) electrons. The maximum absolute atomic E-state index is 12.7. The first kappa shape index (κ1) is 17.4. The number of benzene rings is 1. The third-order valence-electron chi connectivity index (χ3n) is 3.40. The molecule has 1 aromatic carbocycles. The molecule has 0 aromatic heterocycles. The molecule has 116 valence electrons. The van der Waals surface area contributed by atoms with Crippen LogP contribution < -0.4 is 5.32 Å². The van der Waals surface area contributed by atoms with Crippen LogP contribution in [-0.2, 0) is 16.1 Å². The van der Waals surface area contributed by atoms with Crippen LogP contribution >= 0.6 is 12.4 Å². The molecule has 0 aliphatic carbocycles. The average Bonchev–Trinajstić information content (AvgIpc) is 2.86. The van der Waals surface area contributed by atoms with Crippen molar-refractivity contribution >= 4 is 24.3 Å². The number of rotatable bonds is 5. The highest BCUT2D eigenvalue weighted by Crippen LogP contribution is 2.16. The first-order chi connectivity index (χ1) is 9.56. The summed E-state index contributed by atoms with van der Waals surface area (Å²) in [7, 11) is 0. The molecule has 1 saturated heterocycles. The normalized spacial score (nSPS) is 18.0. The van der Waals surface area contributed by atoms with Gasteiger partial charge in [-0.15, -0.1) is 12.4 Å². The molecule has 1 unspecified atom stereocenters. The van der Waals surface area contributed by atoms with Crippen molar-refractivity contribution in [2.45, 2.75) is 25.4 Å². The number of carboxylic acids is 1. The highest BCUT2D eigenvalue weighted by Gasteiger charge is 2.31. The molecule has 0 bridgehead atoms. The van der Waals surface area contributed by atoms with Crippen LogP contribution in [-0.4, -0.2) is 41.0 Å². The molecule has 1 aromatic rings. The molecule has 1 aliphatic heterocycles. The Morgan fingerprint density at radius 1 is 1.33 bits per heavy atom. The van der Waals surface area contributed by atoms with Gasteiger partial charge in [0.2, 0.25) is 5.91 Å². The molecule has 21 heavy (non-hydrogen) atoms. The summed E-state index contributed by atoms with van der Waals surface area (Å²) >= 11 is 0. The highest BCUT2D eigenvalue weighted by atomic mass is 35.5. The first-order valence-electron chi connectivity index (χ1n) is 6.54. The number of carbonyl (C=O) groups excluding carboxylic acids is 1. The van der Waals surface area contributed by atoms with Crippen LogP contribution in [0.1, 0.15) is 18.4 Å². The number of aliphatic carboxylic acids is 1. The molecule has 2 N–H and O–H groups in total. The van der Waals surface area contributed by atoms with E-state index in [1.54, 1.807) is 17.0 Å². The number of nitrogens with one attached hydrogen (secondary N) is 1. The summed E-state index contributed by atoms with van der Waals surface area (Å²) in [6, 6.07) is 5.31. The van der Waals surface area contributed by atoms with Gasteiger partial charge in [-0.1, -0.05) is 12.1 Å². The smallest absolute Gasteiger partial charge is 0.320 e. The maximum atomic E-state index is 12.7. The standard InChI is InChI=1S/C14H17FN2O3.ClH/c15-11-5-3-10(4-6-11)8-16-13(18)9-17-7-1-2-12(17)14(19)20;/h3-6,12H,1-2,7-9H2,(H,16,18)(H,19,20);1H. The second-order valence-electron chi connectivity index (χ2n) is 4.87. The van der Waals surface area contributed by atoms with Crippen LogP contribution in [0, 0.1) is 5.82 Å². The number of halogens is 2. The van der Waals surface area contributed by atoms with Gasteiger partial charge in [-0.05, 0) is 37.1 Å². The number of carboxylic acid groups (broad SMARTS) is 1. The lowest BCUT2D eigenvalue weighted by Gasteiger charge is -2.20. The van der Waals surface area contributed by atoms with E-state index < -0.39 is 12.0 Å². The summed E-state index contributed by atoms with van der Waals surface area (Å²) in [6.45, 7) is 1.02. The van der Waals surface area contributed by atoms with E-state index in [-0.39, 0.29) is 30.7 Å². The van der Waals surface area contributed by atoms with Gasteiger partial charge >= 0.3 is 5.97 Å². The van der Waals surface area contributed by atoms with E-state index in [0.717, 1.165) is 12.0 Å². The second kappa shape index (κ2) is 7.95. The number of likely N-dealkylation sites (tertiary alicyclic amines) is 1. The molecule has 1 aliphatic rings. The Balaban J connectivity index is 0.00000220. The fourth-order valence-electron chi connectivity index (χ4n) is 2.34. The minimum Gasteiger partial charge on any atom is -0.480 e. The number of hydrogen-bond acceptors (Lipinski definition) is 3. The van der Waals surface area contributed by atoms with E-state index in [2.05, 4.69) is 5.32 Å². The molecule has 2 rings (SSSR count). The number of nitrogens with zero attached hydrogens (tertiary/aromatic N) is 1. The molecule has 1 atom stereocenters. The van der Waals surface area contributed by atoms with Gasteiger partial charge < -0.3 is 10.4 Å². The Morgan fingerprint density at radius 2 is 2.00 bits per heavy atom. The van der Waals surface area contributed by atoms with Gasteiger partial charge in [-0.2, -0.15) is 0 Å². The van der Waals surface area contributed by atoms with Crippen molar-refractivity contribution in [2.24, 2.45) is 0 Å². The maximum Gasteiger partial charge on any atom is 0.320 e. The van der Waals surface area contributed by atoms with Crippen LogP contribution in [0.5, 0.6) is 0 Å². The Hall–Kier alpha value is -1.66. The molecule has 5 nitrogen and oxygen atoms in total. The second-order valence-corrected chi connectivity index (χ2v) is 4.87. The van der Waals surface area contributed by atoms with Gasteiger partial charge in [-0.3, -0.25) is 14.5 Å². The van der Waals surface area contributed by atoms with E-state index in [1.165, 1.54) is 12.1 Å². The van der Waals surface area contributed by atoms with Crippen LogP contribution in [0.3, 0.4) is 0 Å². The van der Waals surface area contributed by atoms with Crippen molar-refractivity contribution < 1.29 is 19.1 Å². The molecule has 0 spiro atoms. The van der Waals surface area contributed by atoms with Crippen molar-refractivity contribution in [1.82, 2.24) is 10.2 Å². The molecular weight excluding hydrogens is 299 g/mol. The molecule has 1 heterocycles. The van der Waals surface area contributed by atoms with Gasteiger partial charge in [-0.25, -0.2) is 4.39 Å². The van der Waals surface area contributed by atoms with Gasteiger partial charge in [0.1, 0.15) is 11.9 Å². The van der Waals surface area contributed by atoms with E-state index >= 15 is 0 Å². The Kier molecular flexibility index (Phi) is 6.58. The van der Waals surface area contributed by atoms with Crippen LogP contribution in [0.25, 0.3) is 0 Å². The minimum atomic E-state index is -0.881. The van der Waals surface area contributed by atoms with E-state index in [0.29, 0.717) is 19.5 Å². The largest absolute Gasteiger partial charge is 0.480 e. The summed E-state index contributed by atoms with van der Waals surface area (Å²) in [6.07, 6.45) is 1.38.